The second kappa shape index (κ2) is 10.5. The first-order chi connectivity index (χ1) is 16.3. The number of hydrogen-bond donors (Lipinski definition) is 1. The van der Waals surface area contributed by atoms with E-state index in [-0.39, 0.29) is 24.0 Å². The third-order valence-corrected chi connectivity index (χ3v) is 6.17. The number of phenolic OH excluding ortho intramolecular Hbond substituents is 1. The van der Waals surface area contributed by atoms with Crippen LogP contribution in [0.2, 0.25) is 10.0 Å². The number of halogens is 4. The molecule has 0 radical (unpaired) electrons. The summed E-state index contributed by atoms with van der Waals surface area (Å²) in [5, 5.41) is 11.1. The molecule has 0 saturated carbocycles. The fourth-order valence-corrected chi connectivity index (χ4v) is 4.20. The molecule has 0 unspecified atom stereocenters. The van der Waals surface area contributed by atoms with Gasteiger partial charge in [-0.05, 0) is 59.5 Å². The van der Waals surface area contributed by atoms with Crippen LogP contribution in [0.4, 0.5) is 8.78 Å². The largest absolute Gasteiger partial charge is 0.507 e. The summed E-state index contributed by atoms with van der Waals surface area (Å²) in [5.74, 6) is 0.300. The van der Waals surface area contributed by atoms with Gasteiger partial charge in [0.25, 0.3) is 5.91 Å². The van der Waals surface area contributed by atoms with Crippen LogP contribution >= 0.6 is 23.2 Å². The van der Waals surface area contributed by atoms with Gasteiger partial charge in [-0.3, -0.25) is 4.79 Å². The zero-order valence-electron chi connectivity index (χ0n) is 17.9. The van der Waals surface area contributed by atoms with Gasteiger partial charge in [0.05, 0.1) is 0 Å². The van der Waals surface area contributed by atoms with Crippen molar-refractivity contribution in [2.75, 3.05) is 19.7 Å². The lowest BCUT2D eigenvalue weighted by Crippen LogP contribution is -2.44. The first-order valence-electron chi connectivity index (χ1n) is 10.6. The fourth-order valence-electron chi connectivity index (χ4n) is 3.60. The van der Waals surface area contributed by atoms with Crippen LogP contribution in [0.1, 0.15) is 17.5 Å². The van der Waals surface area contributed by atoms with Gasteiger partial charge in [0.15, 0.2) is 6.61 Å². The maximum absolute atomic E-state index is 12.6. The summed E-state index contributed by atoms with van der Waals surface area (Å²) < 4.78 is 35.1. The maximum atomic E-state index is 12.6. The predicted molar refractivity (Wildman–Crippen MR) is 126 cm³/mol. The summed E-state index contributed by atoms with van der Waals surface area (Å²) >= 11 is 12.9. The molecule has 0 atom stereocenters. The highest BCUT2D eigenvalue weighted by Gasteiger charge is 2.21. The highest BCUT2D eigenvalue weighted by atomic mass is 35.5. The lowest BCUT2D eigenvalue weighted by molar-refractivity contribution is -0.136. The summed E-state index contributed by atoms with van der Waals surface area (Å²) in [6.45, 7) is -1.52. The number of carbonyl (C=O) groups excluding carboxylic acids is 1. The van der Waals surface area contributed by atoms with Crippen LogP contribution < -0.4 is 9.47 Å². The summed E-state index contributed by atoms with van der Waals surface area (Å²) in [7, 11) is 0. The number of aromatic hydroxyl groups is 1. The first kappa shape index (κ1) is 24.1. The minimum Gasteiger partial charge on any atom is -0.507 e. The third-order valence-electron chi connectivity index (χ3n) is 5.50. The molecule has 1 fully saturated rings. The third kappa shape index (κ3) is 5.72. The Balaban J connectivity index is 1.52. The highest BCUT2D eigenvalue weighted by Crippen LogP contribution is 2.36. The average Bonchev–Trinajstić information content (AvgIpc) is 2.74. The summed E-state index contributed by atoms with van der Waals surface area (Å²) in [6, 6.07) is 14.3. The standard InChI is InChI=1S/C25H21Cl2F2NO4/c26-21-12-18(33-14-24(32)30-7-2-8-30)13-22(27)20(21)10-15-5-6-23(31)19(9-15)16-3-1-4-17(11-16)34-25(28)29/h1,3-6,9,11-13,25,31H,2,7-8,10,14H2. The van der Waals surface area contributed by atoms with E-state index < -0.39 is 6.61 Å². The Morgan fingerprint density at radius 1 is 1.03 bits per heavy atom. The van der Waals surface area contributed by atoms with Gasteiger partial charge in [-0.2, -0.15) is 8.78 Å². The molecule has 1 aliphatic heterocycles. The van der Waals surface area contributed by atoms with Crippen LogP contribution in [0.25, 0.3) is 11.1 Å². The molecule has 1 N–H and O–H groups in total. The van der Waals surface area contributed by atoms with E-state index in [2.05, 4.69) is 4.74 Å². The number of carbonyl (C=O) groups is 1. The molecule has 1 aliphatic rings. The Morgan fingerprint density at radius 2 is 1.76 bits per heavy atom. The van der Waals surface area contributed by atoms with Gasteiger partial charge in [-0.25, -0.2) is 0 Å². The number of ether oxygens (including phenoxy) is 2. The highest BCUT2D eigenvalue weighted by molar-refractivity contribution is 6.36. The van der Waals surface area contributed by atoms with E-state index in [4.69, 9.17) is 27.9 Å². The predicted octanol–water partition coefficient (Wildman–Crippen LogP) is 6.17. The zero-order chi connectivity index (χ0) is 24.2. The SMILES string of the molecule is O=C(COc1cc(Cl)c(Cc2ccc(O)c(-c3cccc(OC(F)F)c3)c2)c(Cl)c1)N1CCC1. The molecule has 9 heteroatoms. The number of nitrogens with zero attached hydrogens (tertiary/aromatic N) is 1. The molecule has 4 rings (SSSR count). The number of rotatable bonds is 8. The van der Waals surface area contributed by atoms with Crippen LogP contribution in [0, 0.1) is 0 Å². The Hall–Kier alpha value is -3.03. The minimum absolute atomic E-state index is 0.00780. The van der Waals surface area contributed by atoms with Crippen molar-refractivity contribution in [1.29, 1.82) is 0 Å². The monoisotopic (exact) mass is 507 g/mol. The maximum Gasteiger partial charge on any atom is 0.387 e. The van der Waals surface area contributed by atoms with Crippen molar-refractivity contribution in [3.05, 3.63) is 75.8 Å². The molecule has 1 amide bonds. The molecule has 0 bridgehead atoms. The van der Waals surface area contributed by atoms with Crippen LogP contribution in [0.15, 0.2) is 54.6 Å². The van der Waals surface area contributed by atoms with Gasteiger partial charge in [0.1, 0.15) is 17.2 Å². The van der Waals surface area contributed by atoms with E-state index in [0.29, 0.717) is 38.9 Å². The van der Waals surface area contributed by atoms with Crippen molar-refractivity contribution in [3.63, 3.8) is 0 Å². The normalized spacial score (nSPS) is 13.0. The zero-order valence-corrected chi connectivity index (χ0v) is 19.5. The second-order valence-electron chi connectivity index (χ2n) is 7.82. The van der Waals surface area contributed by atoms with E-state index in [1.807, 2.05) is 0 Å². The second-order valence-corrected chi connectivity index (χ2v) is 8.64. The van der Waals surface area contributed by atoms with E-state index in [1.165, 1.54) is 18.2 Å². The van der Waals surface area contributed by atoms with Crippen LogP contribution in [-0.2, 0) is 11.2 Å². The van der Waals surface area contributed by atoms with Gasteiger partial charge < -0.3 is 19.5 Å². The van der Waals surface area contributed by atoms with Crippen LogP contribution in [0.3, 0.4) is 0 Å². The van der Waals surface area contributed by atoms with Gasteiger partial charge in [-0.1, -0.05) is 41.4 Å². The summed E-state index contributed by atoms with van der Waals surface area (Å²) in [6.07, 6.45) is 1.36. The molecule has 0 spiro atoms. The lowest BCUT2D eigenvalue weighted by atomic mass is 9.98. The average molecular weight is 508 g/mol. The molecular weight excluding hydrogens is 487 g/mol. The van der Waals surface area contributed by atoms with Gasteiger partial charge in [0.2, 0.25) is 0 Å². The number of benzene rings is 3. The Labute approximate surface area is 205 Å². The summed E-state index contributed by atoms with van der Waals surface area (Å²) in [4.78, 5) is 13.7. The molecule has 5 nitrogen and oxygen atoms in total. The smallest absolute Gasteiger partial charge is 0.387 e. The molecule has 1 saturated heterocycles. The number of phenols is 1. The lowest BCUT2D eigenvalue weighted by Gasteiger charge is -2.30. The van der Waals surface area contributed by atoms with Crippen molar-refractivity contribution in [1.82, 2.24) is 4.90 Å². The summed E-state index contributed by atoms with van der Waals surface area (Å²) in [5.41, 5.74) is 2.41. The van der Waals surface area contributed by atoms with E-state index in [9.17, 15) is 18.7 Å². The fraction of sp³-hybridized carbons (Fsp3) is 0.240. The molecule has 1 heterocycles. The van der Waals surface area contributed by atoms with Crippen molar-refractivity contribution < 1.29 is 28.2 Å². The number of hydrogen-bond acceptors (Lipinski definition) is 4. The Kier molecular flexibility index (Phi) is 7.44. The topological polar surface area (TPSA) is 59.0 Å². The van der Waals surface area contributed by atoms with Gasteiger partial charge in [-0.15, -0.1) is 0 Å². The molecule has 0 aromatic heterocycles. The molecule has 178 valence electrons. The first-order valence-corrected chi connectivity index (χ1v) is 11.3. The minimum atomic E-state index is -2.94. The van der Waals surface area contributed by atoms with Gasteiger partial charge in [0, 0.05) is 35.1 Å². The van der Waals surface area contributed by atoms with Crippen molar-refractivity contribution in [3.8, 4) is 28.4 Å². The Bertz CT molecular complexity index is 1180. The van der Waals surface area contributed by atoms with E-state index in [0.717, 1.165) is 25.1 Å². The van der Waals surface area contributed by atoms with E-state index >= 15 is 0 Å². The van der Waals surface area contributed by atoms with E-state index in [1.54, 1.807) is 41.3 Å². The number of alkyl halides is 2. The molecule has 3 aromatic carbocycles. The van der Waals surface area contributed by atoms with Crippen molar-refractivity contribution in [2.24, 2.45) is 0 Å². The molecule has 0 aliphatic carbocycles. The molecule has 3 aromatic rings. The number of likely N-dealkylation sites (tertiary alicyclic amines) is 1. The Morgan fingerprint density at radius 3 is 2.41 bits per heavy atom. The van der Waals surface area contributed by atoms with Crippen molar-refractivity contribution in [2.45, 2.75) is 19.5 Å². The number of amides is 1. The molecular formula is C25H21Cl2F2NO4. The quantitative estimate of drug-likeness (QED) is 0.396. The van der Waals surface area contributed by atoms with Crippen LogP contribution in [0.5, 0.6) is 17.2 Å². The molecule has 34 heavy (non-hydrogen) atoms. The van der Waals surface area contributed by atoms with Gasteiger partial charge >= 0.3 is 6.61 Å². The van der Waals surface area contributed by atoms with Crippen molar-refractivity contribution >= 4 is 29.1 Å². The van der Waals surface area contributed by atoms with Crippen LogP contribution in [-0.4, -0.2) is 42.2 Å².